The van der Waals surface area contributed by atoms with Crippen LogP contribution in [0.25, 0.3) is 27.5 Å². The Morgan fingerprint density at radius 2 is 1.64 bits per heavy atom. The van der Waals surface area contributed by atoms with Crippen LogP contribution in [-0.4, -0.2) is 55.7 Å². The molecule has 200 valence electrons. The molecule has 0 aliphatic rings. The molecular weight excluding hydrogens is 486 g/mol. The molecule has 0 aliphatic heterocycles. The lowest BCUT2D eigenvalue weighted by atomic mass is 10.1. The lowest BCUT2D eigenvalue weighted by Crippen LogP contribution is -2.42. The fourth-order valence-electron chi connectivity index (χ4n) is 5.11. The van der Waals surface area contributed by atoms with Gasteiger partial charge in [-0.25, -0.2) is 4.98 Å². The zero-order valence-electron chi connectivity index (χ0n) is 22.9. The van der Waals surface area contributed by atoms with Gasteiger partial charge < -0.3 is 10.6 Å². The molecule has 2 N–H and O–H groups in total. The number of amides is 1. The zero-order valence-corrected chi connectivity index (χ0v) is 22.9. The summed E-state index contributed by atoms with van der Waals surface area (Å²) in [5.41, 5.74) is 1.94. The molecule has 0 atom stereocenters. The Bertz CT molecular complexity index is 1560. The molecule has 5 aromatic rings. The van der Waals surface area contributed by atoms with Gasteiger partial charge in [-0.15, -0.1) is 10.2 Å². The molecule has 2 aromatic carbocycles. The lowest BCUT2D eigenvalue weighted by Gasteiger charge is -2.30. The van der Waals surface area contributed by atoms with Crippen LogP contribution in [0.3, 0.4) is 0 Å². The fraction of sp³-hybridized carbons (Fsp3) is 0.290. The highest BCUT2D eigenvalue weighted by Gasteiger charge is 2.16. The standard InChI is InChI=1S/C31H35N7O/c1-21(2)37(22(3)4)18-17-32-30(39)19-24-20-38(27-12-8-7-10-25(24)27)29-14-13-28(35-36-29)34-31-26-11-6-5-9-23(26)15-16-33-31/h5-16,20-22H,17-19H2,1-4H3,(H,32,39)(H,33,34,35). The van der Waals surface area contributed by atoms with Gasteiger partial charge in [-0.2, -0.15) is 0 Å². The third-order valence-electron chi connectivity index (χ3n) is 6.98. The summed E-state index contributed by atoms with van der Waals surface area (Å²) in [4.78, 5) is 19.7. The highest BCUT2D eigenvalue weighted by Crippen LogP contribution is 2.26. The molecule has 1 amide bonds. The van der Waals surface area contributed by atoms with Crippen molar-refractivity contribution in [1.29, 1.82) is 0 Å². The number of carbonyl (C=O) groups excluding carboxylic acids is 1. The summed E-state index contributed by atoms with van der Waals surface area (Å²) in [6.45, 7) is 10.2. The molecule has 0 saturated carbocycles. The number of fused-ring (bicyclic) bond motifs is 2. The Hall–Kier alpha value is -4.30. The van der Waals surface area contributed by atoms with E-state index in [4.69, 9.17) is 0 Å². The van der Waals surface area contributed by atoms with E-state index >= 15 is 0 Å². The third kappa shape index (κ3) is 5.91. The smallest absolute Gasteiger partial charge is 0.224 e. The summed E-state index contributed by atoms with van der Waals surface area (Å²) >= 11 is 0. The van der Waals surface area contributed by atoms with Crippen molar-refractivity contribution in [3.05, 3.63) is 84.7 Å². The van der Waals surface area contributed by atoms with Crippen LogP contribution < -0.4 is 10.6 Å². The van der Waals surface area contributed by atoms with Gasteiger partial charge in [-0.3, -0.25) is 14.3 Å². The second-order valence-electron chi connectivity index (χ2n) is 10.3. The number of pyridine rings is 1. The number of para-hydroxylation sites is 1. The first-order chi connectivity index (χ1) is 18.9. The van der Waals surface area contributed by atoms with E-state index in [1.165, 1.54) is 0 Å². The Kier molecular flexibility index (Phi) is 7.84. The molecular formula is C31H35N7O. The molecule has 0 unspecified atom stereocenters. The number of rotatable bonds is 10. The molecule has 39 heavy (non-hydrogen) atoms. The van der Waals surface area contributed by atoms with Gasteiger partial charge in [0.2, 0.25) is 5.91 Å². The first-order valence-corrected chi connectivity index (χ1v) is 13.5. The molecule has 3 aromatic heterocycles. The molecule has 0 fully saturated rings. The van der Waals surface area contributed by atoms with Crippen molar-refractivity contribution in [1.82, 2.24) is 30.0 Å². The highest BCUT2D eigenvalue weighted by atomic mass is 16.1. The maximum Gasteiger partial charge on any atom is 0.224 e. The quantitative estimate of drug-likeness (QED) is 0.253. The maximum absolute atomic E-state index is 12.9. The summed E-state index contributed by atoms with van der Waals surface area (Å²) in [7, 11) is 0. The number of nitrogens with zero attached hydrogens (tertiary/aromatic N) is 5. The molecule has 8 heteroatoms. The zero-order chi connectivity index (χ0) is 27.4. The Morgan fingerprint density at radius 1 is 0.897 bits per heavy atom. The minimum absolute atomic E-state index is 0.0126. The Labute approximate surface area is 229 Å². The summed E-state index contributed by atoms with van der Waals surface area (Å²) < 4.78 is 1.99. The van der Waals surface area contributed by atoms with E-state index in [9.17, 15) is 4.79 Å². The monoisotopic (exact) mass is 521 g/mol. The van der Waals surface area contributed by atoms with Gasteiger partial charge in [0.15, 0.2) is 11.6 Å². The molecule has 0 spiro atoms. The number of hydrogen-bond acceptors (Lipinski definition) is 6. The second-order valence-corrected chi connectivity index (χ2v) is 10.3. The summed E-state index contributed by atoms with van der Waals surface area (Å²) in [6.07, 6.45) is 4.07. The van der Waals surface area contributed by atoms with Crippen LogP contribution in [0.5, 0.6) is 0 Å². The normalized spacial score (nSPS) is 11.7. The van der Waals surface area contributed by atoms with Crippen molar-refractivity contribution in [2.24, 2.45) is 0 Å². The maximum atomic E-state index is 12.9. The first kappa shape index (κ1) is 26.3. The molecule has 0 bridgehead atoms. The molecule has 3 heterocycles. The topological polar surface area (TPSA) is 88.0 Å². The van der Waals surface area contributed by atoms with E-state index in [0.717, 1.165) is 39.6 Å². The first-order valence-electron chi connectivity index (χ1n) is 13.5. The fourth-order valence-corrected chi connectivity index (χ4v) is 5.11. The van der Waals surface area contributed by atoms with Crippen LogP contribution in [0, 0.1) is 0 Å². The largest absolute Gasteiger partial charge is 0.355 e. The van der Waals surface area contributed by atoms with Crippen LogP contribution in [0.15, 0.2) is 79.1 Å². The van der Waals surface area contributed by atoms with E-state index < -0.39 is 0 Å². The third-order valence-corrected chi connectivity index (χ3v) is 6.98. The van der Waals surface area contributed by atoms with Crippen molar-refractivity contribution in [2.75, 3.05) is 18.4 Å². The van der Waals surface area contributed by atoms with Crippen LogP contribution in [0.1, 0.15) is 33.3 Å². The van der Waals surface area contributed by atoms with Crippen molar-refractivity contribution in [2.45, 2.75) is 46.2 Å². The number of anilines is 2. The van der Waals surface area contributed by atoms with Crippen LogP contribution >= 0.6 is 0 Å². The predicted octanol–water partition coefficient (Wildman–Crippen LogP) is 5.49. The lowest BCUT2D eigenvalue weighted by molar-refractivity contribution is -0.120. The molecule has 0 saturated heterocycles. The summed E-state index contributed by atoms with van der Waals surface area (Å²) in [5.74, 6) is 2.03. The second kappa shape index (κ2) is 11.6. The van der Waals surface area contributed by atoms with Gasteiger partial charge in [0, 0.05) is 48.3 Å². The van der Waals surface area contributed by atoms with Crippen LogP contribution in [-0.2, 0) is 11.2 Å². The Morgan fingerprint density at radius 3 is 2.38 bits per heavy atom. The molecule has 5 rings (SSSR count). The van der Waals surface area contributed by atoms with Gasteiger partial charge in [0.05, 0.1) is 11.9 Å². The van der Waals surface area contributed by atoms with Gasteiger partial charge >= 0.3 is 0 Å². The number of benzene rings is 2. The van der Waals surface area contributed by atoms with Gasteiger partial charge in [-0.1, -0.05) is 42.5 Å². The predicted molar refractivity (Wildman–Crippen MR) is 158 cm³/mol. The van der Waals surface area contributed by atoms with Gasteiger partial charge in [0.1, 0.15) is 5.82 Å². The van der Waals surface area contributed by atoms with Crippen LogP contribution in [0.2, 0.25) is 0 Å². The summed E-state index contributed by atoms with van der Waals surface area (Å²) in [5, 5.41) is 18.4. The average molecular weight is 522 g/mol. The van der Waals surface area contributed by atoms with Crippen LogP contribution in [0.4, 0.5) is 11.6 Å². The molecule has 8 nitrogen and oxygen atoms in total. The van der Waals surface area contributed by atoms with Crippen molar-refractivity contribution in [3.63, 3.8) is 0 Å². The number of nitrogens with one attached hydrogen (secondary N) is 2. The molecule has 0 aliphatic carbocycles. The van der Waals surface area contributed by atoms with E-state index in [1.54, 1.807) is 6.20 Å². The van der Waals surface area contributed by atoms with E-state index in [0.29, 0.717) is 36.7 Å². The number of hydrogen-bond donors (Lipinski definition) is 2. The highest BCUT2D eigenvalue weighted by molar-refractivity contribution is 5.93. The number of carbonyl (C=O) groups is 1. The SMILES string of the molecule is CC(C)N(CCNC(=O)Cc1cn(-c2ccc(Nc3nccc4ccccc34)nn2)c2ccccc12)C(C)C. The van der Waals surface area contributed by atoms with E-state index in [1.807, 2.05) is 71.4 Å². The van der Waals surface area contributed by atoms with Gasteiger partial charge in [0.25, 0.3) is 0 Å². The van der Waals surface area contributed by atoms with E-state index in [2.05, 4.69) is 64.5 Å². The van der Waals surface area contributed by atoms with Gasteiger partial charge in [-0.05, 0) is 62.9 Å². The summed E-state index contributed by atoms with van der Waals surface area (Å²) in [6, 6.07) is 22.8. The minimum atomic E-state index is 0.0126. The van der Waals surface area contributed by atoms with Crippen molar-refractivity contribution >= 4 is 39.2 Å². The number of aromatic nitrogens is 4. The van der Waals surface area contributed by atoms with Crippen molar-refractivity contribution in [3.8, 4) is 5.82 Å². The van der Waals surface area contributed by atoms with Crippen molar-refractivity contribution < 1.29 is 4.79 Å². The molecule has 0 radical (unpaired) electrons. The average Bonchev–Trinajstić information content (AvgIpc) is 3.29. The van der Waals surface area contributed by atoms with E-state index in [-0.39, 0.29) is 5.91 Å². The minimum Gasteiger partial charge on any atom is -0.355 e. The Balaban J connectivity index is 1.31.